The Balaban J connectivity index is 1.23. The second kappa shape index (κ2) is 9.36. The molecule has 0 amide bonds. The van der Waals surface area contributed by atoms with Crippen LogP contribution in [0.2, 0.25) is 0 Å². The first-order valence-corrected chi connectivity index (χ1v) is 13.7. The highest BCUT2D eigenvalue weighted by Crippen LogP contribution is 2.51. The van der Waals surface area contributed by atoms with Gasteiger partial charge in [0.1, 0.15) is 17.4 Å². The molecule has 2 N–H and O–H groups in total. The SMILES string of the molecule is CN1CCC2(CC1)C(=O)C(Br)=C2N[C@@H](Cc1ccc(-n2c(CC3CC3)nc3cccnc32)cc1)C(=O)O. The number of aromatic nitrogens is 3. The van der Waals surface area contributed by atoms with Crippen LogP contribution >= 0.6 is 15.9 Å². The number of piperidine rings is 1. The molecule has 1 spiro atoms. The molecular weight excluding hydrogens is 534 g/mol. The summed E-state index contributed by atoms with van der Waals surface area (Å²) in [5.74, 6) is 0.858. The number of carboxylic acids is 1. The lowest BCUT2D eigenvalue weighted by Crippen LogP contribution is -2.56. The summed E-state index contributed by atoms with van der Waals surface area (Å²) < 4.78 is 2.61. The number of Topliss-reactive ketones (excluding diaryl/α,β-unsaturated/α-hetero) is 1. The summed E-state index contributed by atoms with van der Waals surface area (Å²) in [5.41, 5.74) is 3.76. The lowest BCUT2D eigenvalue weighted by atomic mass is 9.65. The summed E-state index contributed by atoms with van der Waals surface area (Å²) in [6, 6.07) is 11.0. The fourth-order valence-corrected chi connectivity index (χ4v) is 6.48. The van der Waals surface area contributed by atoms with Crippen LogP contribution in [0.3, 0.4) is 0 Å². The standard InChI is InChI=1S/C28H30BrN5O3/c1-33-13-10-28(11-14-33)24(23(29)25(28)35)32-21(27(36)37)15-17-6-8-19(9-7-17)34-22(16-18-4-5-18)31-20-3-2-12-30-26(20)34/h2-3,6-9,12,18,21,32H,4-5,10-11,13-16H2,1H3,(H,36,37)/t21-/m0/s1. The molecular formula is C28H30BrN5O3. The van der Waals surface area contributed by atoms with Gasteiger partial charge in [0.2, 0.25) is 0 Å². The fraction of sp³-hybridized carbons (Fsp3) is 0.429. The molecule has 1 aliphatic heterocycles. The third-order valence-electron chi connectivity index (χ3n) is 8.08. The summed E-state index contributed by atoms with van der Waals surface area (Å²) in [4.78, 5) is 36.6. The zero-order valence-electron chi connectivity index (χ0n) is 20.8. The number of pyridine rings is 1. The van der Waals surface area contributed by atoms with Gasteiger partial charge in [0.25, 0.3) is 0 Å². The number of halogens is 1. The minimum absolute atomic E-state index is 0.0831. The number of hydrogen-bond acceptors (Lipinski definition) is 6. The second-order valence-corrected chi connectivity index (χ2v) is 11.5. The van der Waals surface area contributed by atoms with Crippen molar-refractivity contribution in [3.63, 3.8) is 0 Å². The highest BCUT2D eigenvalue weighted by atomic mass is 79.9. The Kier molecular flexibility index (Phi) is 6.15. The molecule has 1 atom stereocenters. The maximum absolute atomic E-state index is 12.8. The highest BCUT2D eigenvalue weighted by Gasteiger charge is 2.54. The predicted molar refractivity (Wildman–Crippen MR) is 144 cm³/mol. The van der Waals surface area contributed by atoms with Gasteiger partial charge in [-0.3, -0.25) is 9.36 Å². The zero-order valence-corrected chi connectivity index (χ0v) is 22.4. The average Bonchev–Trinajstić information content (AvgIpc) is 3.65. The van der Waals surface area contributed by atoms with Crippen LogP contribution in [0.1, 0.15) is 37.1 Å². The molecule has 3 aliphatic rings. The number of carbonyl (C=O) groups is 2. The zero-order chi connectivity index (χ0) is 25.7. The van der Waals surface area contributed by atoms with E-state index in [1.165, 1.54) is 12.8 Å². The number of nitrogens with zero attached hydrogens (tertiary/aromatic N) is 4. The van der Waals surface area contributed by atoms with Crippen LogP contribution in [0.4, 0.5) is 0 Å². The Bertz CT molecular complexity index is 1400. The van der Waals surface area contributed by atoms with Crippen LogP contribution in [0, 0.1) is 11.3 Å². The van der Waals surface area contributed by atoms with Gasteiger partial charge in [-0.1, -0.05) is 12.1 Å². The highest BCUT2D eigenvalue weighted by molar-refractivity contribution is 9.12. The Labute approximate surface area is 223 Å². The van der Waals surface area contributed by atoms with Crippen molar-refractivity contribution < 1.29 is 14.7 Å². The quantitative estimate of drug-likeness (QED) is 0.429. The first-order chi connectivity index (χ1) is 17.9. The van der Waals surface area contributed by atoms with Crippen molar-refractivity contribution in [2.75, 3.05) is 20.1 Å². The summed E-state index contributed by atoms with van der Waals surface area (Å²) in [6.07, 6.45) is 6.93. The minimum Gasteiger partial charge on any atom is -0.480 e. The molecule has 37 heavy (non-hydrogen) atoms. The molecule has 2 aromatic heterocycles. The van der Waals surface area contributed by atoms with E-state index in [4.69, 9.17) is 4.98 Å². The Morgan fingerprint density at radius 1 is 1.22 bits per heavy atom. The Hall–Kier alpha value is -3.04. The molecule has 1 saturated carbocycles. The van der Waals surface area contributed by atoms with E-state index < -0.39 is 17.4 Å². The van der Waals surface area contributed by atoms with E-state index in [0.717, 1.165) is 53.4 Å². The maximum Gasteiger partial charge on any atom is 0.326 e. The number of fused-ring (bicyclic) bond motifs is 1. The van der Waals surface area contributed by atoms with Gasteiger partial charge < -0.3 is 15.3 Å². The lowest BCUT2D eigenvalue weighted by molar-refractivity contribution is -0.140. The Morgan fingerprint density at radius 2 is 1.95 bits per heavy atom. The number of likely N-dealkylation sites (tertiary alicyclic amines) is 1. The Morgan fingerprint density at radius 3 is 2.62 bits per heavy atom. The number of rotatable bonds is 8. The van der Waals surface area contributed by atoms with E-state index in [1.807, 2.05) is 43.4 Å². The molecule has 192 valence electrons. The molecule has 1 aromatic carbocycles. The number of hydrogen-bond donors (Lipinski definition) is 2. The molecule has 0 unspecified atom stereocenters. The molecule has 2 fully saturated rings. The monoisotopic (exact) mass is 563 g/mol. The third-order valence-corrected chi connectivity index (χ3v) is 8.83. The van der Waals surface area contributed by atoms with Crippen molar-refractivity contribution in [3.8, 4) is 5.69 Å². The van der Waals surface area contributed by atoms with E-state index in [1.54, 1.807) is 6.20 Å². The molecule has 0 radical (unpaired) electrons. The topological polar surface area (TPSA) is 100 Å². The van der Waals surface area contributed by atoms with Gasteiger partial charge in [-0.2, -0.15) is 0 Å². The van der Waals surface area contributed by atoms with Crippen molar-refractivity contribution in [1.82, 2.24) is 24.8 Å². The van der Waals surface area contributed by atoms with Crippen LogP contribution in [-0.2, 0) is 22.4 Å². The third kappa shape index (κ3) is 4.38. The predicted octanol–water partition coefficient (Wildman–Crippen LogP) is 3.86. The van der Waals surface area contributed by atoms with E-state index >= 15 is 0 Å². The van der Waals surface area contributed by atoms with Crippen molar-refractivity contribution in [3.05, 3.63) is 64.2 Å². The molecule has 1 saturated heterocycles. The van der Waals surface area contributed by atoms with Crippen LogP contribution in [0.5, 0.6) is 0 Å². The normalized spacial score (nSPS) is 20.3. The molecule has 8 nitrogen and oxygen atoms in total. The lowest BCUT2D eigenvalue weighted by Gasteiger charge is -2.48. The number of imidazole rings is 1. The number of carbonyl (C=O) groups excluding carboxylic acids is 1. The van der Waals surface area contributed by atoms with E-state index in [9.17, 15) is 14.7 Å². The summed E-state index contributed by atoms with van der Waals surface area (Å²) in [5, 5.41) is 13.2. The molecule has 3 heterocycles. The number of benzene rings is 1. The number of allylic oxidation sites excluding steroid dienone is 2. The van der Waals surface area contributed by atoms with Gasteiger partial charge in [0, 0.05) is 30.4 Å². The minimum atomic E-state index is -0.934. The van der Waals surface area contributed by atoms with Gasteiger partial charge >= 0.3 is 5.97 Å². The summed E-state index contributed by atoms with van der Waals surface area (Å²) in [6.45, 7) is 1.63. The molecule has 6 rings (SSSR count). The molecule has 0 bridgehead atoms. The van der Waals surface area contributed by atoms with Crippen LogP contribution in [-0.4, -0.2) is 62.5 Å². The maximum atomic E-state index is 12.8. The van der Waals surface area contributed by atoms with Crippen LogP contribution < -0.4 is 5.32 Å². The van der Waals surface area contributed by atoms with E-state index in [-0.39, 0.29) is 5.78 Å². The summed E-state index contributed by atoms with van der Waals surface area (Å²) >= 11 is 3.41. The van der Waals surface area contributed by atoms with Gasteiger partial charge in [-0.15, -0.1) is 0 Å². The van der Waals surface area contributed by atoms with Crippen LogP contribution in [0.25, 0.3) is 16.9 Å². The largest absolute Gasteiger partial charge is 0.480 e. The van der Waals surface area contributed by atoms with E-state index in [0.29, 0.717) is 29.7 Å². The molecule has 9 heteroatoms. The first-order valence-electron chi connectivity index (χ1n) is 12.9. The smallest absolute Gasteiger partial charge is 0.326 e. The van der Waals surface area contributed by atoms with Crippen molar-refractivity contribution >= 4 is 38.8 Å². The van der Waals surface area contributed by atoms with Gasteiger partial charge in [-0.05, 0) is 97.5 Å². The fourth-order valence-electron chi connectivity index (χ4n) is 5.60. The second-order valence-electron chi connectivity index (χ2n) is 10.7. The van der Waals surface area contributed by atoms with Gasteiger partial charge in [0.05, 0.1) is 9.90 Å². The number of carboxylic acid groups (broad SMARTS) is 1. The number of aliphatic carboxylic acids is 1. The summed E-state index contributed by atoms with van der Waals surface area (Å²) in [7, 11) is 2.04. The van der Waals surface area contributed by atoms with E-state index in [2.05, 4.69) is 35.7 Å². The van der Waals surface area contributed by atoms with Crippen molar-refractivity contribution in [2.45, 2.75) is 44.6 Å². The first kappa shape index (κ1) is 24.3. The number of ketones is 1. The van der Waals surface area contributed by atoms with Gasteiger partial charge in [0.15, 0.2) is 11.4 Å². The molecule has 3 aromatic rings. The van der Waals surface area contributed by atoms with Crippen LogP contribution in [0.15, 0.2) is 52.8 Å². The average molecular weight is 564 g/mol. The van der Waals surface area contributed by atoms with Crippen molar-refractivity contribution in [2.24, 2.45) is 11.3 Å². The van der Waals surface area contributed by atoms with Crippen molar-refractivity contribution in [1.29, 1.82) is 0 Å². The number of nitrogens with one attached hydrogen (secondary N) is 1. The van der Waals surface area contributed by atoms with Gasteiger partial charge in [-0.25, -0.2) is 14.8 Å². The molecule has 2 aliphatic carbocycles.